The van der Waals surface area contributed by atoms with E-state index in [1.54, 1.807) is 16.4 Å². The van der Waals surface area contributed by atoms with Gasteiger partial charge in [-0.1, -0.05) is 17.3 Å². The van der Waals surface area contributed by atoms with E-state index in [9.17, 15) is 8.42 Å². The maximum Gasteiger partial charge on any atom is 0.252 e. The third kappa shape index (κ3) is 3.72. The zero-order chi connectivity index (χ0) is 20.8. The van der Waals surface area contributed by atoms with Gasteiger partial charge in [-0.15, -0.1) is 11.3 Å². The van der Waals surface area contributed by atoms with Crippen LogP contribution in [0.5, 0.6) is 0 Å². The monoisotopic (exact) mass is 431 g/mol. The average Bonchev–Trinajstić information content (AvgIpc) is 3.32. The molecule has 1 aromatic carbocycles. The van der Waals surface area contributed by atoms with Crippen LogP contribution in [0.15, 0.2) is 39.1 Å². The average molecular weight is 432 g/mol. The van der Waals surface area contributed by atoms with Gasteiger partial charge in [-0.25, -0.2) is 8.42 Å². The lowest BCUT2D eigenvalue weighted by Gasteiger charge is -2.36. The van der Waals surface area contributed by atoms with Crippen molar-refractivity contribution in [2.75, 3.05) is 31.1 Å². The van der Waals surface area contributed by atoms with E-state index in [-0.39, 0.29) is 0 Å². The Labute approximate surface area is 175 Å². The first-order chi connectivity index (χ1) is 13.8. The standard InChI is InChI=1S/C21H25N3O3S2/c1-14-5-6-15(2)18(13-14)23-9-11-24(12-10-23)29(25,26)20-8-7-19(28-20)21-16(3)17(4)22-27-21/h5-8,13H,9-12H2,1-4H3. The molecule has 0 atom stereocenters. The number of aryl methyl sites for hydroxylation is 3. The van der Waals surface area contributed by atoms with Gasteiger partial charge in [-0.05, 0) is 57.0 Å². The second-order valence-corrected chi connectivity index (χ2v) is 10.8. The molecule has 3 heterocycles. The fourth-order valence-corrected chi connectivity index (χ4v) is 6.50. The second kappa shape index (κ2) is 7.59. The number of hydrogen-bond acceptors (Lipinski definition) is 6. The molecule has 4 rings (SSSR count). The zero-order valence-electron chi connectivity index (χ0n) is 17.1. The van der Waals surface area contributed by atoms with Crippen molar-refractivity contribution in [2.45, 2.75) is 31.9 Å². The molecule has 1 aliphatic rings. The maximum atomic E-state index is 13.2. The number of thiophene rings is 1. The van der Waals surface area contributed by atoms with Crippen LogP contribution in [0.1, 0.15) is 22.4 Å². The fraction of sp³-hybridized carbons (Fsp3) is 0.381. The molecule has 29 heavy (non-hydrogen) atoms. The van der Waals surface area contributed by atoms with Crippen LogP contribution in [-0.2, 0) is 10.0 Å². The molecule has 1 aliphatic heterocycles. The zero-order valence-corrected chi connectivity index (χ0v) is 18.7. The van der Waals surface area contributed by atoms with Crippen molar-refractivity contribution in [3.05, 3.63) is 52.7 Å². The van der Waals surface area contributed by atoms with E-state index >= 15 is 0 Å². The molecule has 1 saturated heterocycles. The molecule has 0 bridgehead atoms. The van der Waals surface area contributed by atoms with Crippen LogP contribution < -0.4 is 4.90 Å². The van der Waals surface area contributed by atoms with E-state index < -0.39 is 10.0 Å². The van der Waals surface area contributed by atoms with Gasteiger partial charge in [0, 0.05) is 37.4 Å². The molecule has 0 aliphatic carbocycles. The van der Waals surface area contributed by atoms with Crippen LogP contribution in [0.3, 0.4) is 0 Å². The number of sulfonamides is 1. The van der Waals surface area contributed by atoms with Gasteiger partial charge in [-0.2, -0.15) is 4.31 Å². The summed E-state index contributed by atoms with van der Waals surface area (Å²) in [5.74, 6) is 0.647. The molecule has 0 saturated carbocycles. The summed E-state index contributed by atoms with van der Waals surface area (Å²) in [6.45, 7) is 10.3. The molecule has 1 fully saturated rings. The van der Waals surface area contributed by atoms with Crippen molar-refractivity contribution in [1.82, 2.24) is 9.46 Å². The Morgan fingerprint density at radius 2 is 1.72 bits per heavy atom. The van der Waals surface area contributed by atoms with Crippen LogP contribution in [0, 0.1) is 27.7 Å². The first-order valence-corrected chi connectivity index (χ1v) is 11.9. The number of rotatable bonds is 4. The molecular formula is C21H25N3O3S2. The highest BCUT2D eigenvalue weighted by molar-refractivity contribution is 7.91. The summed E-state index contributed by atoms with van der Waals surface area (Å²) < 4.78 is 33.6. The lowest BCUT2D eigenvalue weighted by atomic mass is 10.1. The van der Waals surface area contributed by atoms with Gasteiger partial charge in [0.1, 0.15) is 4.21 Å². The molecule has 8 heteroatoms. The lowest BCUT2D eigenvalue weighted by Crippen LogP contribution is -2.48. The highest BCUT2D eigenvalue weighted by atomic mass is 32.2. The van der Waals surface area contributed by atoms with E-state index in [0.29, 0.717) is 36.1 Å². The summed E-state index contributed by atoms with van der Waals surface area (Å²) in [4.78, 5) is 3.06. The van der Waals surface area contributed by atoms with E-state index in [1.165, 1.54) is 28.2 Å². The molecule has 0 radical (unpaired) electrons. The molecule has 0 amide bonds. The molecule has 3 aromatic rings. The van der Waals surface area contributed by atoms with Crippen molar-refractivity contribution in [1.29, 1.82) is 0 Å². The Hall–Kier alpha value is -2.16. The molecule has 0 spiro atoms. The Bertz CT molecular complexity index is 1140. The fourth-order valence-electron chi connectivity index (χ4n) is 3.58. The largest absolute Gasteiger partial charge is 0.369 e. The van der Waals surface area contributed by atoms with E-state index in [1.807, 2.05) is 13.8 Å². The lowest BCUT2D eigenvalue weighted by molar-refractivity contribution is 0.385. The molecule has 6 nitrogen and oxygen atoms in total. The summed E-state index contributed by atoms with van der Waals surface area (Å²) in [5.41, 5.74) is 5.38. The summed E-state index contributed by atoms with van der Waals surface area (Å²) in [5, 5.41) is 3.97. The highest BCUT2D eigenvalue weighted by Gasteiger charge is 2.30. The Kier molecular flexibility index (Phi) is 5.27. The van der Waals surface area contributed by atoms with Crippen LogP contribution >= 0.6 is 11.3 Å². The van der Waals surface area contributed by atoms with Crippen molar-refractivity contribution < 1.29 is 12.9 Å². The summed E-state index contributed by atoms with van der Waals surface area (Å²) in [6.07, 6.45) is 0. The van der Waals surface area contributed by atoms with Gasteiger partial charge in [-0.3, -0.25) is 0 Å². The van der Waals surface area contributed by atoms with Crippen molar-refractivity contribution in [3.8, 4) is 10.6 Å². The van der Waals surface area contributed by atoms with Gasteiger partial charge in [0.25, 0.3) is 10.0 Å². The number of anilines is 1. The number of benzene rings is 1. The molecule has 0 unspecified atom stereocenters. The van der Waals surface area contributed by atoms with Crippen LogP contribution in [0.25, 0.3) is 10.6 Å². The summed E-state index contributed by atoms with van der Waals surface area (Å²) in [6, 6.07) is 9.87. The van der Waals surface area contributed by atoms with E-state index in [0.717, 1.165) is 16.1 Å². The Balaban J connectivity index is 1.51. The first-order valence-electron chi connectivity index (χ1n) is 9.63. The summed E-state index contributed by atoms with van der Waals surface area (Å²) in [7, 11) is -3.52. The minimum absolute atomic E-state index is 0.348. The second-order valence-electron chi connectivity index (χ2n) is 7.52. The van der Waals surface area contributed by atoms with Crippen LogP contribution in [0.2, 0.25) is 0 Å². The van der Waals surface area contributed by atoms with Crippen LogP contribution in [0.4, 0.5) is 5.69 Å². The molecule has 2 aromatic heterocycles. The molecular weight excluding hydrogens is 406 g/mol. The third-order valence-electron chi connectivity index (χ3n) is 5.50. The minimum Gasteiger partial charge on any atom is -0.369 e. The van der Waals surface area contributed by atoms with E-state index in [2.05, 4.69) is 42.1 Å². The van der Waals surface area contributed by atoms with Gasteiger partial charge >= 0.3 is 0 Å². The third-order valence-corrected chi connectivity index (χ3v) is 8.95. The number of piperazine rings is 1. The molecule has 0 N–H and O–H groups in total. The number of aromatic nitrogens is 1. The summed E-state index contributed by atoms with van der Waals surface area (Å²) >= 11 is 1.24. The predicted molar refractivity (Wildman–Crippen MR) is 116 cm³/mol. The van der Waals surface area contributed by atoms with Gasteiger partial charge in [0.15, 0.2) is 5.76 Å². The topological polar surface area (TPSA) is 66.7 Å². The van der Waals surface area contributed by atoms with Gasteiger partial charge in [0.2, 0.25) is 0 Å². The maximum absolute atomic E-state index is 13.2. The highest BCUT2D eigenvalue weighted by Crippen LogP contribution is 2.35. The molecule has 154 valence electrons. The smallest absolute Gasteiger partial charge is 0.252 e. The number of hydrogen-bond donors (Lipinski definition) is 0. The normalized spacial score (nSPS) is 15.8. The van der Waals surface area contributed by atoms with Crippen molar-refractivity contribution >= 4 is 27.0 Å². The SMILES string of the molecule is Cc1ccc(C)c(N2CCN(S(=O)(=O)c3ccc(-c4onc(C)c4C)s3)CC2)c1. The Morgan fingerprint density at radius 3 is 2.38 bits per heavy atom. The van der Waals surface area contributed by atoms with Crippen molar-refractivity contribution in [3.63, 3.8) is 0 Å². The van der Waals surface area contributed by atoms with Gasteiger partial charge in [0.05, 0.1) is 10.6 Å². The van der Waals surface area contributed by atoms with Crippen molar-refractivity contribution in [2.24, 2.45) is 0 Å². The van der Waals surface area contributed by atoms with E-state index in [4.69, 9.17) is 4.52 Å². The number of nitrogens with zero attached hydrogens (tertiary/aromatic N) is 3. The predicted octanol–water partition coefficient (Wildman–Crippen LogP) is 4.15. The quantitative estimate of drug-likeness (QED) is 0.621. The minimum atomic E-state index is -3.52. The Morgan fingerprint density at radius 1 is 1.00 bits per heavy atom. The first kappa shape index (κ1) is 20.1. The van der Waals surface area contributed by atoms with Gasteiger partial charge < -0.3 is 9.42 Å². The van der Waals surface area contributed by atoms with Crippen LogP contribution in [-0.4, -0.2) is 44.1 Å².